The number of aryl methyl sites for hydroxylation is 1. The summed E-state index contributed by atoms with van der Waals surface area (Å²) in [5.74, 6) is -0.174. The fraction of sp³-hybridized carbons (Fsp3) is 0.409. The van der Waals surface area contributed by atoms with Crippen LogP contribution in [-0.2, 0) is 21.2 Å². The van der Waals surface area contributed by atoms with Gasteiger partial charge in [-0.2, -0.15) is 4.31 Å². The molecule has 6 nitrogen and oxygen atoms in total. The van der Waals surface area contributed by atoms with Gasteiger partial charge >= 0.3 is 0 Å². The van der Waals surface area contributed by atoms with Gasteiger partial charge in [-0.05, 0) is 42.7 Å². The smallest absolute Gasteiger partial charge is 0.220 e. The van der Waals surface area contributed by atoms with Crippen molar-refractivity contribution in [2.24, 2.45) is 0 Å². The molecule has 1 N–H and O–H groups in total. The fourth-order valence-corrected chi connectivity index (χ4v) is 4.97. The lowest BCUT2D eigenvalue weighted by molar-refractivity contribution is -0.121. The Kier molecular flexibility index (Phi) is 8.13. The molecule has 2 aromatic rings. The normalized spacial score (nSPS) is 15.2. The first kappa shape index (κ1) is 22.6. The lowest BCUT2D eigenvalue weighted by atomic mass is 10.1. The average Bonchev–Trinajstić information content (AvgIpc) is 2.75. The minimum absolute atomic E-state index is 0.0711. The Morgan fingerprint density at radius 1 is 0.967 bits per heavy atom. The van der Waals surface area contributed by atoms with Crippen LogP contribution >= 0.6 is 11.6 Å². The molecule has 8 heteroatoms. The quantitative estimate of drug-likeness (QED) is 0.639. The number of halogens is 1. The SMILES string of the molecule is O=C(CCCc1ccccc1)NCCS(=O)(=O)N1CCN(c2ccc(Cl)cc2)CC1. The first-order valence-corrected chi connectivity index (χ1v) is 12.2. The highest BCUT2D eigenvalue weighted by Gasteiger charge is 2.26. The second kappa shape index (κ2) is 10.8. The van der Waals surface area contributed by atoms with Crippen molar-refractivity contribution in [1.82, 2.24) is 9.62 Å². The first-order valence-electron chi connectivity index (χ1n) is 10.2. The molecule has 1 heterocycles. The van der Waals surface area contributed by atoms with Crippen LogP contribution in [0.25, 0.3) is 0 Å². The molecule has 30 heavy (non-hydrogen) atoms. The summed E-state index contributed by atoms with van der Waals surface area (Å²) < 4.78 is 26.7. The number of rotatable bonds is 9. The Morgan fingerprint density at radius 2 is 1.63 bits per heavy atom. The number of piperazine rings is 1. The van der Waals surface area contributed by atoms with E-state index in [4.69, 9.17) is 11.6 Å². The Balaban J connectivity index is 1.36. The lowest BCUT2D eigenvalue weighted by Gasteiger charge is -2.35. The summed E-state index contributed by atoms with van der Waals surface area (Å²) in [7, 11) is -3.38. The highest BCUT2D eigenvalue weighted by molar-refractivity contribution is 7.89. The summed E-state index contributed by atoms with van der Waals surface area (Å²) in [6.45, 7) is 2.29. The number of nitrogens with zero attached hydrogens (tertiary/aromatic N) is 2. The largest absolute Gasteiger partial charge is 0.369 e. The van der Waals surface area contributed by atoms with E-state index in [-0.39, 0.29) is 18.2 Å². The summed E-state index contributed by atoms with van der Waals surface area (Å²) in [4.78, 5) is 14.1. The van der Waals surface area contributed by atoms with Crippen molar-refractivity contribution < 1.29 is 13.2 Å². The predicted octanol–water partition coefficient (Wildman–Crippen LogP) is 2.93. The molecular weight excluding hydrogens is 422 g/mol. The number of sulfonamides is 1. The van der Waals surface area contributed by atoms with Crippen molar-refractivity contribution in [3.8, 4) is 0 Å². The second-order valence-electron chi connectivity index (χ2n) is 7.37. The maximum atomic E-state index is 12.6. The van der Waals surface area contributed by atoms with Gasteiger partial charge < -0.3 is 10.2 Å². The van der Waals surface area contributed by atoms with Crippen molar-refractivity contribution in [3.05, 3.63) is 65.2 Å². The topological polar surface area (TPSA) is 69.7 Å². The Morgan fingerprint density at radius 3 is 2.30 bits per heavy atom. The number of hydrogen-bond acceptors (Lipinski definition) is 4. The zero-order valence-electron chi connectivity index (χ0n) is 17.0. The monoisotopic (exact) mass is 449 g/mol. The van der Waals surface area contributed by atoms with E-state index in [1.165, 1.54) is 9.87 Å². The van der Waals surface area contributed by atoms with Gasteiger partial charge in [0.2, 0.25) is 15.9 Å². The average molecular weight is 450 g/mol. The molecule has 1 aliphatic heterocycles. The minimum Gasteiger partial charge on any atom is -0.369 e. The van der Waals surface area contributed by atoms with Gasteiger partial charge in [0.1, 0.15) is 0 Å². The van der Waals surface area contributed by atoms with Crippen molar-refractivity contribution >= 4 is 33.2 Å². The molecule has 0 spiro atoms. The van der Waals surface area contributed by atoms with Gasteiger partial charge in [0.25, 0.3) is 0 Å². The third-order valence-corrected chi connectivity index (χ3v) is 7.34. The lowest BCUT2D eigenvalue weighted by Crippen LogP contribution is -2.50. The number of nitrogens with one attached hydrogen (secondary N) is 1. The highest BCUT2D eigenvalue weighted by Crippen LogP contribution is 2.20. The number of hydrogen-bond donors (Lipinski definition) is 1. The van der Waals surface area contributed by atoms with E-state index in [2.05, 4.69) is 10.2 Å². The van der Waals surface area contributed by atoms with E-state index < -0.39 is 10.0 Å². The summed E-state index contributed by atoms with van der Waals surface area (Å²) >= 11 is 5.92. The summed E-state index contributed by atoms with van der Waals surface area (Å²) in [6.07, 6.45) is 1.98. The van der Waals surface area contributed by atoms with Crippen LogP contribution in [0.4, 0.5) is 5.69 Å². The molecule has 0 unspecified atom stereocenters. The van der Waals surface area contributed by atoms with Crippen LogP contribution in [0, 0.1) is 0 Å². The molecule has 0 bridgehead atoms. The maximum Gasteiger partial charge on any atom is 0.220 e. The standard InChI is InChI=1S/C22H28ClN3O3S/c23-20-9-11-21(12-10-20)25-14-16-26(17-15-25)30(28,29)18-13-24-22(27)8-4-7-19-5-2-1-3-6-19/h1-3,5-6,9-12H,4,7-8,13-18H2,(H,24,27). The molecule has 1 aliphatic rings. The molecule has 1 fully saturated rings. The summed E-state index contributed by atoms with van der Waals surface area (Å²) in [5.41, 5.74) is 2.24. The molecule has 3 rings (SSSR count). The van der Waals surface area contributed by atoms with Gasteiger partial charge in [0.05, 0.1) is 5.75 Å². The molecule has 1 saturated heterocycles. The molecular formula is C22H28ClN3O3S. The second-order valence-corrected chi connectivity index (χ2v) is 9.89. The van der Waals surface area contributed by atoms with Gasteiger partial charge in [-0.1, -0.05) is 41.9 Å². The summed E-state index contributed by atoms with van der Waals surface area (Å²) in [6, 6.07) is 17.6. The Hall–Kier alpha value is -2.09. The molecule has 0 radical (unpaired) electrons. The fourth-order valence-electron chi connectivity index (χ4n) is 3.51. The molecule has 0 aromatic heterocycles. The van der Waals surface area contributed by atoms with Crippen LogP contribution in [0.5, 0.6) is 0 Å². The van der Waals surface area contributed by atoms with Crippen LogP contribution in [0.2, 0.25) is 5.02 Å². The van der Waals surface area contributed by atoms with Crippen molar-refractivity contribution in [2.75, 3.05) is 43.4 Å². The van der Waals surface area contributed by atoms with E-state index in [1.54, 1.807) is 0 Å². The van der Waals surface area contributed by atoms with Crippen LogP contribution in [0.3, 0.4) is 0 Å². The van der Waals surface area contributed by atoms with Crippen LogP contribution in [0.1, 0.15) is 18.4 Å². The van der Waals surface area contributed by atoms with Gasteiger partial charge in [-0.25, -0.2) is 8.42 Å². The van der Waals surface area contributed by atoms with Crippen LogP contribution in [0.15, 0.2) is 54.6 Å². The number of amides is 1. The number of carbonyl (C=O) groups is 1. The molecule has 162 valence electrons. The van der Waals surface area contributed by atoms with Crippen LogP contribution in [-0.4, -0.2) is 57.1 Å². The van der Waals surface area contributed by atoms with Gasteiger partial charge in [0, 0.05) is 49.9 Å². The maximum absolute atomic E-state index is 12.6. The van der Waals surface area contributed by atoms with Crippen molar-refractivity contribution in [3.63, 3.8) is 0 Å². The Labute approximate surface area is 183 Å². The summed E-state index contributed by atoms with van der Waals surface area (Å²) in [5, 5.41) is 3.42. The van der Waals surface area contributed by atoms with Crippen molar-refractivity contribution in [2.45, 2.75) is 19.3 Å². The van der Waals surface area contributed by atoms with Crippen LogP contribution < -0.4 is 10.2 Å². The molecule has 0 aliphatic carbocycles. The Bertz CT molecular complexity index is 912. The van der Waals surface area contributed by atoms with Gasteiger partial charge in [0.15, 0.2) is 0 Å². The third kappa shape index (κ3) is 6.72. The van der Waals surface area contributed by atoms with E-state index in [1.807, 2.05) is 54.6 Å². The van der Waals surface area contributed by atoms with Gasteiger partial charge in [-0.15, -0.1) is 0 Å². The van der Waals surface area contributed by atoms with Crippen molar-refractivity contribution in [1.29, 1.82) is 0 Å². The molecule has 2 aromatic carbocycles. The van der Waals surface area contributed by atoms with E-state index in [0.29, 0.717) is 37.6 Å². The molecule has 0 atom stereocenters. The zero-order chi connectivity index (χ0) is 21.4. The van der Waals surface area contributed by atoms with E-state index >= 15 is 0 Å². The zero-order valence-corrected chi connectivity index (χ0v) is 18.5. The third-order valence-electron chi connectivity index (χ3n) is 5.22. The molecule has 0 saturated carbocycles. The minimum atomic E-state index is -3.38. The predicted molar refractivity (Wildman–Crippen MR) is 121 cm³/mol. The number of anilines is 1. The van der Waals surface area contributed by atoms with Gasteiger partial charge in [-0.3, -0.25) is 4.79 Å². The number of benzene rings is 2. The van der Waals surface area contributed by atoms with E-state index in [0.717, 1.165) is 18.5 Å². The highest BCUT2D eigenvalue weighted by atomic mass is 35.5. The molecule has 1 amide bonds. The first-order chi connectivity index (χ1) is 14.4. The number of carbonyl (C=O) groups excluding carboxylic acids is 1. The van der Waals surface area contributed by atoms with E-state index in [9.17, 15) is 13.2 Å².